The van der Waals surface area contributed by atoms with Crippen molar-refractivity contribution in [1.82, 2.24) is 14.3 Å². The van der Waals surface area contributed by atoms with Gasteiger partial charge >= 0.3 is 5.69 Å². The van der Waals surface area contributed by atoms with Gasteiger partial charge in [0.2, 0.25) is 15.9 Å². The van der Waals surface area contributed by atoms with E-state index in [1.807, 2.05) is 31.2 Å². The van der Waals surface area contributed by atoms with Gasteiger partial charge in [-0.1, -0.05) is 17.7 Å². The minimum atomic E-state index is -3.81. The highest BCUT2D eigenvalue weighted by atomic mass is 32.2. The van der Waals surface area contributed by atoms with Crippen LogP contribution in [0, 0.1) is 6.92 Å². The second-order valence-corrected chi connectivity index (χ2v) is 8.10. The third kappa shape index (κ3) is 4.21. The van der Waals surface area contributed by atoms with E-state index in [2.05, 4.69) is 9.97 Å². The molecule has 1 aromatic heterocycles. The van der Waals surface area contributed by atoms with Crippen LogP contribution in [0.3, 0.4) is 0 Å². The second-order valence-electron chi connectivity index (χ2n) is 6.05. The Hall–Kier alpha value is -3.04. The molecule has 0 aliphatic heterocycles. The average Bonchev–Trinajstić information content (AvgIpc) is 2.94. The number of hydrogen-bond acceptors (Lipinski definition) is 5. The molecule has 0 radical (unpaired) electrons. The van der Waals surface area contributed by atoms with Crippen LogP contribution in [0.15, 0.2) is 58.2 Å². The van der Waals surface area contributed by atoms with Gasteiger partial charge < -0.3 is 14.8 Å². The quantitative estimate of drug-likeness (QED) is 0.598. The maximum absolute atomic E-state index is 12.7. The number of aryl methyl sites for hydroxylation is 1. The van der Waals surface area contributed by atoms with Crippen molar-refractivity contribution < 1.29 is 18.3 Å². The smallest absolute Gasteiger partial charge is 0.326 e. The van der Waals surface area contributed by atoms with Crippen LogP contribution >= 0.6 is 0 Å². The van der Waals surface area contributed by atoms with Crippen LogP contribution in [0.1, 0.15) is 11.3 Å². The fourth-order valence-corrected chi connectivity index (χ4v) is 3.57. The molecule has 3 N–H and O–H groups in total. The van der Waals surface area contributed by atoms with E-state index in [0.29, 0.717) is 11.5 Å². The van der Waals surface area contributed by atoms with Gasteiger partial charge in [-0.25, -0.2) is 13.2 Å². The predicted molar refractivity (Wildman–Crippen MR) is 99.4 cm³/mol. The lowest BCUT2D eigenvalue weighted by molar-refractivity contribution is 0.423. The Balaban J connectivity index is 1.75. The molecule has 8 nitrogen and oxygen atoms in total. The Morgan fingerprint density at radius 3 is 2.07 bits per heavy atom. The van der Waals surface area contributed by atoms with Gasteiger partial charge in [0.05, 0.1) is 17.1 Å². The highest BCUT2D eigenvalue weighted by molar-refractivity contribution is 7.89. The summed E-state index contributed by atoms with van der Waals surface area (Å²) in [6, 6.07) is 13.5. The number of imidazole rings is 1. The van der Waals surface area contributed by atoms with Crippen molar-refractivity contribution in [2.75, 3.05) is 7.05 Å². The summed E-state index contributed by atoms with van der Waals surface area (Å²) >= 11 is 0. The number of aromatic hydroxyl groups is 1. The number of aromatic amines is 2. The summed E-state index contributed by atoms with van der Waals surface area (Å²) in [7, 11) is -2.45. The summed E-state index contributed by atoms with van der Waals surface area (Å²) in [5.74, 6) is 0.775. The summed E-state index contributed by atoms with van der Waals surface area (Å²) in [4.78, 5) is 15.7. The SMILES string of the molecule is Cc1ccc(Oc2ccc(S(=O)(=O)N(C)Cc3[nH]c(=O)[nH]c3O)cc2)cc1. The zero-order valence-electron chi connectivity index (χ0n) is 14.8. The van der Waals surface area contributed by atoms with Crippen molar-refractivity contribution in [3.05, 3.63) is 70.3 Å². The first-order valence-corrected chi connectivity index (χ1v) is 9.51. The summed E-state index contributed by atoms with van der Waals surface area (Å²) in [6.07, 6.45) is 0. The zero-order valence-corrected chi connectivity index (χ0v) is 15.6. The number of nitrogens with one attached hydrogen (secondary N) is 2. The molecule has 0 saturated carbocycles. The van der Waals surface area contributed by atoms with Crippen LogP contribution in [0.5, 0.6) is 17.4 Å². The van der Waals surface area contributed by atoms with Gasteiger partial charge in [0, 0.05) is 7.05 Å². The zero-order chi connectivity index (χ0) is 19.6. The molecule has 0 spiro atoms. The maximum atomic E-state index is 12.7. The first-order valence-electron chi connectivity index (χ1n) is 8.07. The molecule has 0 amide bonds. The third-order valence-corrected chi connectivity index (χ3v) is 5.77. The van der Waals surface area contributed by atoms with Crippen molar-refractivity contribution in [3.8, 4) is 17.4 Å². The highest BCUT2D eigenvalue weighted by Gasteiger charge is 2.23. The van der Waals surface area contributed by atoms with Crippen molar-refractivity contribution in [1.29, 1.82) is 0 Å². The average molecular weight is 389 g/mol. The lowest BCUT2D eigenvalue weighted by atomic mass is 10.2. The maximum Gasteiger partial charge on any atom is 0.326 e. The molecule has 0 saturated heterocycles. The third-order valence-electron chi connectivity index (χ3n) is 3.95. The molecule has 3 rings (SSSR count). The van der Waals surface area contributed by atoms with Crippen LogP contribution in [0.4, 0.5) is 0 Å². The Bertz CT molecular complexity index is 1080. The molecule has 0 aliphatic rings. The largest absolute Gasteiger partial charge is 0.493 e. The first kappa shape index (κ1) is 18.7. The van der Waals surface area contributed by atoms with Gasteiger partial charge in [-0.05, 0) is 43.3 Å². The normalized spacial score (nSPS) is 11.7. The number of ether oxygens (including phenoxy) is 1. The van der Waals surface area contributed by atoms with E-state index in [9.17, 15) is 18.3 Å². The number of sulfonamides is 1. The molecule has 142 valence electrons. The lowest BCUT2D eigenvalue weighted by Crippen LogP contribution is -2.26. The summed E-state index contributed by atoms with van der Waals surface area (Å²) in [6.45, 7) is 1.79. The van der Waals surface area contributed by atoms with E-state index in [4.69, 9.17) is 4.74 Å². The monoisotopic (exact) mass is 389 g/mol. The van der Waals surface area contributed by atoms with E-state index in [-0.39, 0.29) is 23.0 Å². The molecule has 0 aliphatic carbocycles. The molecular weight excluding hydrogens is 370 g/mol. The Labute approximate surface area is 156 Å². The minimum Gasteiger partial charge on any atom is -0.493 e. The molecule has 0 bridgehead atoms. The fourth-order valence-electron chi connectivity index (χ4n) is 2.43. The van der Waals surface area contributed by atoms with Crippen LogP contribution in [-0.4, -0.2) is 34.8 Å². The van der Waals surface area contributed by atoms with E-state index >= 15 is 0 Å². The van der Waals surface area contributed by atoms with Crippen LogP contribution < -0.4 is 10.4 Å². The molecule has 0 unspecified atom stereocenters. The molecule has 3 aromatic rings. The molecular formula is C18H19N3O5S. The van der Waals surface area contributed by atoms with Crippen molar-refractivity contribution >= 4 is 10.0 Å². The van der Waals surface area contributed by atoms with Crippen LogP contribution in [0.25, 0.3) is 0 Å². The van der Waals surface area contributed by atoms with Crippen LogP contribution in [-0.2, 0) is 16.6 Å². The number of rotatable bonds is 6. The summed E-state index contributed by atoms with van der Waals surface area (Å²) < 4.78 is 32.0. The Kier molecular flexibility index (Phi) is 5.06. The van der Waals surface area contributed by atoms with Crippen molar-refractivity contribution in [3.63, 3.8) is 0 Å². The molecule has 1 heterocycles. The lowest BCUT2D eigenvalue weighted by Gasteiger charge is -2.16. The number of aromatic nitrogens is 2. The van der Waals surface area contributed by atoms with Gasteiger partial charge in [-0.2, -0.15) is 4.31 Å². The van der Waals surface area contributed by atoms with E-state index in [0.717, 1.165) is 9.87 Å². The van der Waals surface area contributed by atoms with E-state index in [1.165, 1.54) is 19.2 Å². The number of nitrogens with zero attached hydrogens (tertiary/aromatic N) is 1. The number of H-pyrrole nitrogens is 2. The highest BCUT2D eigenvalue weighted by Crippen LogP contribution is 2.25. The van der Waals surface area contributed by atoms with Gasteiger partial charge in [0.25, 0.3) is 0 Å². The first-order chi connectivity index (χ1) is 12.8. The van der Waals surface area contributed by atoms with Gasteiger partial charge in [0.1, 0.15) is 11.5 Å². The fraction of sp³-hybridized carbons (Fsp3) is 0.167. The number of hydrogen-bond donors (Lipinski definition) is 3. The van der Waals surface area contributed by atoms with E-state index in [1.54, 1.807) is 12.1 Å². The van der Waals surface area contributed by atoms with E-state index < -0.39 is 15.7 Å². The molecule has 9 heteroatoms. The molecule has 0 fully saturated rings. The molecule has 2 aromatic carbocycles. The molecule has 27 heavy (non-hydrogen) atoms. The van der Waals surface area contributed by atoms with Crippen molar-refractivity contribution in [2.45, 2.75) is 18.4 Å². The summed E-state index contributed by atoms with van der Waals surface area (Å²) in [5.41, 5.74) is 0.595. The topological polar surface area (TPSA) is 115 Å². The minimum absolute atomic E-state index is 0.0682. The van der Waals surface area contributed by atoms with Gasteiger partial charge in [-0.15, -0.1) is 0 Å². The summed E-state index contributed by atoms with van der Waals surface area (Å²) in [5, 5.41) is 9.59. The molecule has 0 atom stereocenters. The number of benzene rings is 2. The standard InChI is InChI=1S/C18H19N3O5S/c1-12-3-5-13(6-4-12)26-14-7-9-15(10-8-14)27(24,25)21(2)11-16-17(22)20-18(23)19-16/h3-10,22H,11H2,1-2H3,(H2,19,20,23). The van der Waals surface area contributed by atoms with Crippen LogP contribution in [0.2, 0.25) is 0 Å². The van der Waals surface area contributed by atoms with Gasteiger partial charge in [0.15, 0.2) is 0 Å². The Morgan fingerprint density at radius 1 is 1.00 bits per heavy atom. The predicted octanol–water partition coefficient (Wildman–Crippen LogP) is 2.33. The van der Waals surface area contributed by atoms with Crippen molar-refractivity contribution in [2.24, 2.45) is 0 Å². The second kappa shape index (κ2) is 7.29. The van der Waals surface area contributed by atoms with Gasteiger partial charge in [-0.3, -0.25) is 4.98 Å². The Morgan fingerprint density at radius 2 is 1.56 bits per heavy atom.